The molecule has 1 N–H and O–H groups in total. The van der Waals surface area contributed by atoms with E-state index in [9.17, 15) is 14.0 Å². The first-order valence-corrected chi connectivity index (χ1v) is 11.4. The van der Waals surface area contributed by atoms with Crippen molar-refractivity contribution < 1.29 is 18.7 Å². The number of ether oxygens (including phenoxy) is 1. The molecule has 0 radical (unpaired) electrons. The Hall–Kier alpha value is -3.74. The number of aryl methyl sites for hydroxylation is 1. The second kappa shape index (κ2) is 10.9. The van der Waals surface area contributed by atoms with Crippen molar-refractivity contribution in [2.24, 2.45) is 5.92 Å². The number of hydrogen-bond donors (Lipinski definition) is 1. The van der Waals surface area contributed by atoms with Crippen molar-refractivity contribution in [2.45, 2.75) is 26.4 Å². The highest BCUT2D eigenvalue weighted by molar-refractivity contribution is 5.92. The van der Waals surface area contributed by atoms with E-state index in [1.807, 2.05) is 43.3 Å². The Morgan fingerprint density at radius 2 is 2.00 bits per heavy atom. The monoisotopic (exact) mass is 461 g/mol. The second-order valence-corrected chi connectivity index (χ2v) is 8.66. The van der Waals surface area contributed by atoms with Crippen LogP contribution in [0.3, 0.4) is 0 Å². The summed E-state index contributed by atoms with van der Waals surface area (Å²) in [6.45, 7) is 4.23. The number of aldehydes is 1. The number of carbonyl (C=O) groups excluding carboxylic acids is 2. The van der Waals surface area contributed by atoms with Crippen LogP contribution in [0.5, 0.6) is 0 Å². The number of hydrogen-bond acceptors (Lipinski definition) is 5. The fraction of sp³-hybridized carbons (Fsp3) is 0.296. The molecule has 0 unspecified atom stereocenters. The van der Waals surface area contributed by atoms with E-state index in [0.29, 0.717) is 23.6 Å². The molecule has 4 rings (SSSR count). The normalized spacial score (nSPS) is 13.3. The molecular weight excluding hydrogens is 433 g/mol. The molecule has 1 aliphatic heterocycles. The van der Waals surface area contributed by atoms with Crippen LogP contribution in [-0.4, -0.2) is 37.0 Å². The summed E-state index contributed by atoms with van der Waals surface area (Å²) in [7, 11) is 0. The maximum atomic E-state index is 14.0. The molecule has 3 aromatic rings. The zero-order chi connectivity index (χ0) is 23.9. The first kappa shape index (κ1) is 23.4. The number of nitrogens with zero attached hydrogens (tertiary/aromatic N) is 2. The van der Waals surface area contributed by atoms with Crippen LogP contribution in [0.25, 0.3) is 11.1 Å². The van der Waals surface area contributed by atoms with Gasteiger partial charge in [0.15, 0.2) is 6.29 Å². The summed E-state index contributed by atoms with van der Waals surface area (Å²) in [5.74, 6) is 0.144. The number of pyridine rings is 1. The summed E-state index contributed by atoms with van der Waals surface area (Å²) in [5.41, 5.74) is 4.54. The first-order chi connectivity index (χ1) is 16.5. The van der Waals surface area contributed by atoms with Crippen LogP contribution in [0.1, 0.15) is 34.3 Å². The number of aromatic nitrogens is 1. The lowest BCUT2D eigenvalue weighted by Gasteiger charge is -2.42. The second-order valence-electron chi connectivity index (χ2n) is 8.66. The minimum absolute atomic E-state index is 0.252. The Morgan fingerprint density at radius 1 is 1.21 bits per heavy atom. The predicted molar refractivity (Wildman–Crippen MR) is 129 cm³/mol. The Kier molecular flexibility index (Phi) is 7.52. The van der Waals surface area contributed by atoms with Gasteiger partial charge in [0.2, 0.25) is 0 Å². The lowest BCUT2D eigenvalue weighted by Crippen LogP contribution is -2.47. The zero-order valence-corrected chi connectivity index (χ0v) is 19.2. The summed E-state index contributed by atoms with van der Waals surface area (Å²) in [5, 5.41) is 2.79. The molecule has 176 valence electrons. The zero-order valence-electron chi connectivity index (χ0n) is 19.2. The van der Waals surface area contributed by atoms with Crippen molar-refractivity contribution in [1.29, 1.82) is 0 Å². The molecule has 2 aromatic carbocycles. The van der Waals surface area contributed by atoms with Crippen molar-refractivity contribution in [2.75, 3.05) is 24.5 Å². The molecule has 0 spiro atoms. The summed E-state index contributed by atoms with van der Waals surface area (Å²) in [6, 6.07) is 14.4. The number of alkyl carbamates (subject to hydrolysis) is 1. The molecule has 1 aliphatic rings. The van der Waals surface area contributed by atoms with Crippen LogP contribution in [0, 0.1) is 18.7 Å². The van der Waals surface area contributed by atoms with E-state index in [0.717, 1.165) is 54.6 Å². The summed E-state index contributed by atoms with van der Waals surface area (Å²) >= 11 is 0. The number of rotatable bonds is 9. The van der Waals surface area contributed by atoms with E-state index in [4.69, 9.17) is 4.74 Å². The van der Waals surface area contributed by atoms with E-state index < -0.39 is 6.09 Å². The van der Waals surface area contributed by atoms with Crippen LogP contribution < -0.4 is 10.2 Å². The average Bonchev–Trinajstić information content (AvgIpc) is 2.81. The Balaban J connectivity index is 1.27. The molecule has 2 heterocycles. The van der Waals surface area contributed by atoms with Gasteiger partial charge in [0.25, 0.3) is 0 Å². The molecule has 0 bridgehead atoms. The summed E-state index contributed by atoms with van der Waals surface area (Å²) < 4.78 is 19.2. The molecular formula is C27H28FN3O3. The number of anilines is 1. The fourth-order valence-electron chi connectivity index (χ4n) is 4.30. The Bertz CT molecular complexity index is 1130. The first-order valence-electron chi connectivity index (χ1n) is 11.4. The fourth-order valence-corrected chi connectivity index (χ4v) is 4.30. The van der Waals surface area contributed by atoms with Crippen molar-refractivity contribution in [3.05, 3.63) is 83.4 Å². The van der Waals surface area contributed by atoms with Gasteiger partial charge in [-0.2, -0.15) is 0 Å². The van der Waals surface area contributed by atoms with Gasteiger partial charge in [-0.25, -0.2) is 9.18 Å². The van der Waals surface area contributed by atoms with Gasteiger partial charge in [-0.3, -0.25) is 9.78 Å². The third kappa shape index (κ3) is 5.78. The van der Waals surface area contributed by atoms with Gasteiger partial charge in [0, 0.05) is 37.6 Å². The predicted octanol–water partition coefficient (Wildman–Crippen LogP) is 5.15. The summed E-state index contributed by atoms with van der Waals surface area (Å²) in [6.07, 6.45) is 5.42. The maximum absolute atomic E-state index is 14.0. The molecule has 1 saturated heterocycles. The van der Waals surface area contributed by atoms with Gasteiger partial charge >= 0.3 is 6.09 Å². The SMILES string of the molecule is Cc1cc(F)cc(-c2cncc(C=O)c2N2CC(CCCNC(=O)OCc3ccccc3)C2)c1. The highest BCUT2D eigenvalue weighted by Gasteiger charge is 2.30. The van der Waals surface area contributed by atoms with Gasteiger partial charge in [0.05, 0.1) is 11.3 Å². The molecule has 7 heteroatoms. The van der Waals surface area contributed by atoms with E-state index in [1.54, 1.807) is 12.4 Å². The van der Waals surface area contributed by atoms with Crippen LogP contribution in [-0.2, 0) is 11.3 Å². The van der Waals surface area contributed by atoms with Crippen LogP contribution in [0.4, 0.5) is 14.9 Å². The van der Waals surface area contributed by atoms with Gasteiger partial charge < -0.3 is 15.0 Å². The van der Waals surface area contributed by atoms with Crippen LogP contribution >= 0.6 is 0 Å². The molecule has 0 aliphatic carbocycles. The number of amides is 1. The quantitative estimate of drug-likeness (QED) is 0.352. The molecule has 1 fully saturated rings. The van der Waals surface area contributed by atoms with Crippen molar-refractivity contribution in [3.63, 3.8) is 0 Å². The number of benzene rings is 2. The van der Waals surface area contributed by atoms with Gasteiger partial charge in [0.1, 0.15) is 12.4 Å². The van der Waals surface area contributed by atoms with Crippen molar-refractivity contribution >= 4 is 18.1 Å². The standard InChI is InChI=1S/C27H28FN3O3/c1-19-10-22(12-24(28)11-19)25-14-29-13-23(17-32)26(25)31-15-21(16-31)8-5-9-30-27(33)34-18-20-6-3-2-4-7-20/h2-4,6-7,10-14,17,21H,5,8-9,15-16,18H2,1H3,(H,30,33). The van der Waals surface area contributed by atoms with Gasteiger partial charge in [-0.05, 0) is 54.5 Å². The highest BCUT2D eigenvalue weighted by Crippen LogP contribution is 2.38. The van der Waals surface area contributed by atoms with Crippen LogP contribution in [0.2, 0.25) is 0 Å². The molecule has 6 nitrogen and oxygen atoms in total. The lowest BCUT2D eigenvalue weighted by molar-refractivity contribution is 0.112. The Morgan fingerprint density at radius 3 is 2.74 bits per heavy atom. The number of nitrogens with one attached hydrogen (secondary N) is 1. The number of halogens is 1. The lowest BCUT2D eigenvalue weighted by atomic mass is 9.91. The third-order valence-corrected chi connectivity index (χ3v) is 5.97. The molecule has 1 aromatic heterocycles. The third-order valence-electron chi connectivity index (χ3n) is 5.97. The van der Waals surface area contributed by atoms with E-state index in [-0.39, 0.29) is 12.4 Å². The van der Waals surface area contributed by atoms with Gasteiger partial charge in [-0.15, -0.1) is 0 Å². The van der Waals surface area contributed by atoms with Crippen LogP contribution in [0.15, 0.2) is 60.9 Å². The Labute approximate surface area is 198 Å². The van der Waals surface area contributed by atoms with E-state index in [1.165, 1.54) is 12.1 Å². The maximum Gasteiger partial charge on any atom is 0.407 e. The topological polar surface area (TPSA) is 71.5 Å². The average molecular weight is 462 g/mol. The largest absolute Gasteiger partial charge is 0.445 e. The van der Waals surface area contributed by atoms with E-state index in [2.05, 4.69) is 15.2 Å². The molecule has 0 saturated carbocycles. The van der Waals surface area contributed by atoms with E-state index >= 15 is 0 Å². The smallest absolute Gasteiger partial charge is 0.407 e. The minimum Gasteiger partial charge on any atom is -0.445 e. The summed E-state index contributed by atoms with van der Waals surface area (Å²) in [4.78, 5) is 29.9. The van der Waals surface area contributed by atoms with Crippen molar-refractivity contribution in [1.82, 2.24) is 10.3 Å². The van der Waals surface area contributed by atoms with Gasteiger partial charge in [-0.1, -0.05) is 36.4 Å². The highest BCUT2D eigenvalue weighted by atomic mass is 19.1. The minimum atomic E-state index is -0.415. The molecule has 34 heavy (non-hydrogen) atoms. The molecule has 0 atom stereocenters. The molecule has 1 amide bonds. The van der Waals surface area contributed by atoms with Crippen molar-refractivity contribution in [3.8, 4) is 11.1 Å². The number of carbonyl (C=O) groups is 2.